The summed E-state index contributed by atoms with van der Waals surface area (Å²) in [4.78, 5) is 0. The van der Waals surface area contributed by atoms with E-state index in [9.17, 15) is 0 Å². The van der Waals surface area contributed by atoms with E-state index in [4.69, 9.17) is 4.74 Å². The maximum atomic E-state index is 5.07. The van der Waals surface area contributed by atoms with Crippen molar-refractivity contribution in [2.45, 2.75) is 13.8 Å². The fraction of sp³-hybridized carbons (Fsp3) is 1.00. The van der Waals surface area contributed by atoms with Gasteiger partial charge in [0.2, 0.25) is 0 Å². The molecule has 1 nitrogen and oxygen atoms in total. The highest BCUT2D eigenvalue weighted by atomic mass is 31.2. The van der Waals surface area contributed by atoms with Gasteiger partial charge >= 0.3 is 0 Å². The average Bonchev–Trinajstić information content (AvgIpc) is 2.00. The molecule has 0 fully saturated rings. The van der Waals surface area contributed by atoms with Gasteiger partial charge in [-0.15, -0.1) is 0 Å². The first kappa shape index (κ1) is 10.4. The summed E-state index contributed by atoms with van der Waals surface area (Å²) in [6.07, 6.45) is 4.04. The molecule has 0 aromatic carbocycles. The summed E-state index contributed by atoms with van der Waals surface area (Å²) >= 11 is 0. The third-order valence-electron chi connectivity index (χ3n) is 2.36. The van der Waals surface area contributed by atoms with Crippen LogP contribution in [0.5, 0.6) is 0 Å². The van der Waals surface area contributed by atoms with Gasteiger partial charge in [0.25, 0.3) is 0 Å². The second kappa shape index (κ2) is 5.09. The van der Waals surface area contributed by atoms with Crippen molar-refractivity contribution in [3.63, 3.8) is 0 Å². The van der Waals surface area contributed by atoms with Gasteiger partial charge in [-0.2, -0.15) is 0 Å². The van der Waals surface area contributed by atoms with Crippen LogP contribution < -0.4 is 0 Å². The highest BCUT2D eigenvalue weighted by molar-refractivity contribution is 7.75. The maximum absolute atomic E-state index is 5.07. The largest absolute Gasteiger partial charge is 0.381 e. The lowest BCUT2D eigenvalue weighted by atomic mass is 10.9. The Labute approximate surface area is 65.5 Å². The quantitative estimate of drug-likeness (QED) is 0.565. The van der Waals surface area contributed by atoms with Gasteiger partial charge in [-0.3, -0.25) is 0 Å². The molecule has 0 radical (unpaired) electrons. The molecule has 0 amide bonds. The van der Waals surface area contributed by atoms with Gasteiger partial charge in [0.15, 0.2) is 0 Å². The van der Waals surface area contributed by atoms with Gasteiger partial charge in [0.05, 0.1) is 25.1 Å². The van der Waals surface area contributed by atoms with Crippen LogP contribution >= 0.6 is 7.26 Å². The molecule has 0 aromatic rings. The second-order valence-corrected chi connectivity index (χ2v) is 7.92. The van der Waals surface area contributed by atoms with Gasteiger partial charge in [-0.25, -0.2) is 0 Å². The van der Waals surface area contributed by atoms with Crippen LogP contribution in [-0.2, 0) is 4.74 Å². The molecule has 0 spiro atoms. The van der Waals surface area contributed by atoms with Crippen molar-refractivity contribution >= 4 is 7.26 Å². The molecule has 0 unspecified atom stereocenters. The minimum absolute atomic E-state index is 0.573. The minimum atomic E-state index is -0.573. The van der Waals surface area contributed by atoms with E-state index in [2.05, 4.69) is 20.5 Å². The van der Waals surface area contributed by atoms with Crippen molar-refractivity contribution in [1.82, 2.24) is 0 Å². The molecular weight excluding hydrogens is 143 g/mol. The van der Waals surface area contributed by atoms with Crippen molar-refractivity contribution in [1.29, 1.82) is 0 Å². The molecule has 0 heterocycles. The van der Waals surface area contributed by atoms with Crippen molar-refractivity contribution in [2.24, 2.45) is 0 Å². The first-order valence-electron chi connectivity index (χ1n) is 4.01. The molecule has 2 heteroatoms. The van der Waals surface area contributed by atoms with Crippen molar-refractivity contribution in [3.8, 4) is 0 Å². The van der Waals surface area contributed by atoms with Gasteiger partial charge in [-0.05, 0) is 13.8 Å². The van der Waals surface area contributed by atoms with E-state index in [0.29, 0.717) is 0 Å². The van der Waals surface area contributed by atoms with Crippen LogP contribution in [0.2, 0.25) is 0 Å². The number of methoxy groups -OCH3 is 1. The average molecular weight is 163 g/mol. The molecule has 0 aliphatic heterocycles. The fourth-order valence-corrected chi connectivity index (χ4v) is 2.55. The topological polar surface area (TPSA) is 9.23 Å². The Morgan fingerprint density at radius 2 is 1.70 bits per heavy atom. The van der Waals surface area contributed by atoms with E-state index in [1.807, 2.05) is 0 Å². The molecule has 0 aliphatic rings. The van der Waals surface area contributed by atoms with E-state index in [1.165, 1.54) is 18.5 Å². The Bertz CT molecular complexity index is 79.3. The van der Waals surface area contributed by atoms with Crippen LogP contribution in [0.3, 0.4) is 0 Å². The van der Waals surface area contributed by atoms with E-state index in [-0.39, 0.29) is 0 Å². The molecule has 62 valence electrons. The molecule has 0 aromatic heterocycles. The van der Waals surface area contributed by atoms with Crippen molar-refractivity contribution < 1.29 is 4.74 Å². The zero-order chi connectivity index (χ0) is 8.04. The first-order valence-corrected chi connectivity index (χ1v) is 6.80. The van der Waals surface area contributed by atoms with E-state index < -0.39 is 7.26 Å². The Hall–Kier alpha value is 0.390. The zero-order valence-corrected chi connectivity index (χ0v) is 8.58. The van der Waals surface area contributed by atoms with Crippen LogP contribution in [0.25, 0.3) is 0 Å². The number of rotatable bonds is 5. The molecule has 0 bridgehead atoms. The first-order chi connectivity index (χ1) is 4.68. The predicted molar refractivity (Wildman–Crippen MR) is 50.7 cm³/mol. The minimum Gasteiger partial charge on any atom is -0.381 e. The second-order valence-electron chi connectivity index (χ2n) is 2.97. The molecule has 0 rings (SSSR count). The SMILES string of the molecule is CC[P+](C)(CC)CCOC. The van der Waals surface area contributed by atoms with Crippen LogP contribution in [0, 0.1) is 0 Å². The molecule has 0 saturated carbocycles. The molecule has 0 aliphatic carbocycles. The van der Waals surface area contributed by atoms with Gasteiger partial charge in [0, 0.05) is 21.0 Å². The van der Waals surface area contributed by atoms with Gasteiger partial charge < -0.3 is 4.74 Å². The van der Waals surface area contributed by atoms with Crippen molar-refractivity contribution in [3.05, 3.63) is 0 Å². The monoisotopic (exact) mass is 163 g/mol. The Kier molecular flexibility index (Phi) is 5.29. The van der Waals surface area contributed by atoms with Crippen LogP contribution in [-0.4, -0.2) is 38.9 Å². The molecule has 0 N–H and O–H groups in total. The Morgan fingerprint density at radius 1 is 1.20 bits per heavy atom. The van der Waals surface area contributed by atoms with Crippen molar-refractivity contribution in [2.75, 3.05) is 38.9 Å². The summed E-state index contributed by atoms with van der Waals surface area (Å²) < 4.78 is 5.07. The predicted octanol–water partition coefficient (Wildman–Crippen LogP) is 2.32. The highest BCUT2D eigenvalue weighted by Gasteiger charge is 2.25. The normalized spacial score (nSPS) is 12.0. The third kappa shape index (κ3) is 3.53. The van der Waals surface area contributed by atoms with Gasteiger partial charge in [0.1, 0.15) is 0 Å². The smallest absolute Gasteiger partial charge is 0.0825 e. The number of hydrogen-bond donors (Lipinski definition) is 0. The maximum Gasteiger partial charge on any atom is 0.0825 e. The summed E-state index contributed by atoms with van der Waals surface area (Å²) in [5, 5.41) is 0. The summed E-state index contributed by atoms with van der Waals surface area (Å²) in [6.45, 7) is 7.98. The Morgan fingerprint density at radius 3 is 2.00 bits per heavy atom. The molecular formula is C8H20OP+. The zero-order valence-electron chi connectivity index (χ0n) is 7.68. The van der Waals surface area contributed by atoms with Gasteiger partial charge in [-0.1, -0.05) is 0 Å². The summed E-state index contributed by atoms with van der Waals surface area (Å²) in [6, 6.07) is 0. The van der Waals surface area contributed by atoms with E-state index in [1.54, 1.807) is 7.11 Å². The van der Waals surface area contributed by atoms with Crippen LogP contribution in [0.15, 0.2) is 0 Å². The summed E-state index contributed by atoms with van der Waals surface area (Å²) in [7, 11) is 1.21. The lowest BCUT2D eigenvalue weighted by molar-refractivity contribution is 0.217. The summed E-state index contributed by atoms with van der Waals surface area (Å²) in [5.74, 6) is 0. The lowest BCUT2D eigenvalue weighted by Gasteiger charge is -2.18. The highest BCUT2D eigenvalue weighted by Crippen LogP contribution is 2.53. The van der Waals surface area contributed by atoms with E-state index >= 15 is 0 Å². The van der Waals surface area contributed by atoms with Crippen LogP contribution in [0.4, 0.5) is 0 Å². The molecule has 0 atom stereocenters. The lowest BCUT2D eigenvalue weighted by Crippen LogP contribution is -2.07. The van der Waals surface area contributed by atoms with E-state index in [0.717, 1.165) is 6.61 Å². The Balaban J connectivity index is 3.58. The third-order valence-corrected chi connectivity index (χ3v) is 6.68. The molecule has 0 saturated heterocycles. The van der Waals surface area contributed by atoms with Crippen LogP contribution in [0.1, 0.15) is 13.8 Å². The molecule has 10 heavy (non-hydrogen) atoms. The number of hydrogen-bond acceptors (Lipinski definition) is 1. The standard InChI is InChI=1S/C8H20OP/c1-5-10(4,6-2)8-7-9-3/h5-8H2,1-4H3/q+1. The number of ether oxygens (including phenoxy) is 1. The fourth-order valence-electron chi connectivity index (χ4n) is 0.852. The summed E-state index contributed by atoms with van der Waals surface area (Å²) in [5.41, 5.74) is 0.